The maximum absolute atomic E-state index is 5.47. The SMILES string of the molecule is COc1cccc(OC)c1-c1cnnc(NCc2n[nH]c3c2CCCCC3)n1. The van der Waals surface area contributed by atoms with Crippen LogP contribution >= 0.6 is 0 Å². The molecule has 3 aromatic rings. The Bertz CT molecular complexity index is 933. The highest BCUT2D eigenvalue weighted by atomic mass is 16.5. The maximum Gasteiger partial charge on any atom is 0.243 e. The van der Waals surface area contributed by atoms with Crippen molar-refractivity contribution >= 4 is 5.95 Å². The van der Waals surface area contributed by atoms with Gasteiger partial charge in [-0.2, -0.15) is 10.2 Å². The molecule has 0 aliphatic heterocycles. The van der Waals surface area contributed by atoms with Crippen LogP contribution in [0.3, 0.4) is 0 Å². The first-order valence-electron chi connectivity index (χ1n) is 9.50. The van der Waals surface area contributed by atoms with Gasteiger partial charge in [-0.1, -0.05) is 12.5 Å². The summed E-state index contributed by atoms with van der Waals surface area (Å²) in [5, 5.41) is 19.1. The van der Waals surface area contributed by atoms with Crippen LogP contribution in [0.4, 0.5) is 5.95 Å². The van der Waals surface area contributed by atoms with Gasteiger partial charge in [0, 0.05) is 5.69 Å². The van der Waals surface area contributed by atoms with E-state index in [9.17, 15) is 0 Å². The molecule has 0 bridgehead atoms. The van der Waals surface area contributed by atoms with Gasteiger partial charge in [0.25, 0.3) is 0 Å². The highest BCUT2D eigenvalue weighted by molar-refractivity contribution is 5.74. The van der Waals surface area contributed by atoms with Crippen molar-refractivity contribution < 1.29 is 9.47 Å². The van der Waals surface area contributed by atoms with Crippen molar-refractivity contribution in [2.24, 2.45) is 0 Å². The van der Waals surface area contributed by atoms with E-state index in [1.165, 1.54) is 30.5 Å². The van der Waals surface area contributed by atoms with Crippen LogP contribution < -0.4 is 14.8 Å². The monoisotopic (exact) mass is 380 g/mol. The molecule has 0 amide bonds. The molecule has 2 heterocycles. The van der Waals surface area contributed by atoms with Crippen LogP contribution in [0.5, 0.6) is 11.5 Å². The second-order valence-electron chi connectivity index (χ2n) is 6.74. The molecule has 2 N–H and O–H groups in total. The molecule has 146 valence electrons. The van der Waals surface area contributed by atoms with Crippen LogP contribution in [-0.4, -0.2) is 39.6 Å². The van der Waals surface area contributed by atoms with Crippen LogP contribution in [0.25, 0.3) is 11.3 Å². The highest BCUT2D eigenvalue weighted by Gasteiger charge is 2.17. The number of benzene rings is 1. The van der Waals surface area contributed by atoms with Crippen molar-refractivity contribution in [2.75, 3.05) is 19.5 Å². The summed E-state index contributed by atoms with van der Waals surface area (Å²) in [5.41, 5.74) is 5.01. The van der Waals surface area contributed by atoms with Crippen molar-refractivity contribution in [1.29, 1.82) is 0 Å². The van der Waals surface area contributed by atoms with Crippen LogP contribution in [0.15, 0.2) is 24.4 Å². The molecule has 0 atom stereocenters. The van der Waals surface area contributed by atoms with E-state index in [-0.39, 0.29) is 0 Å². The van der Waals surface area contributed by atoms with Gasteiger partial charge in [-0.05, 0) is 43.4 Å². The standard InChI is InChI=1S/C20H24N6O2/c1-27-17-9-6-10-18(28-2)19(17)16-12-22-26-20(23-16)21-11-15-13-7-4-3-5-8-14(13)24-25-15/h6,9-10,12H,3-5,7-8,11H2,1-2H3,(H,24,25)(H,21,23,26). The Morgan fingerprint density at radius 2 is 1.86 bits per heavy atom. The molecule has 1 aliphatic carbocycles. The van der Waals surface area contributed by atoms with Crippen LogP contribution in [0, 0.1) is 0 Å². The topological polar surface area (TPSA) is 97.8 Å². The van der Waals surface area contributed by atoms with Gasteiger partial charge < -0.3 is 14.8 Å². The predicted octanol–water partition coefficient (Wildman–Crippen LogP) is 3.16. The van der Waals surface area contributed by atoms with Crippen molar-refractivity contribution in [3.05, 3.63) is 41.3 Å². The summed E-state index contributed by atoms with van der Waals surface area (Å²) in [7, 11) is 3.24. The van der Waals surface area contributed by atoms with E-state index < -0.39 is 0 Å². The fraction of sp³-hybridized carbons (Fsp3) is 0.400. The second kappa shape index (κ2) is 8.24. The Morgan fingerprint density at radius 1 is 1.07 bits per heavy atom. The van der Waals surface area contributed by atoms with Crippen LogP contribution in [0.1, 0.15) is 36.2 Å². The smallest absolute Gasteiger partial charge is 0.243 e. The van der Waals surface area contributed by atoms with Crippen molar-refractivity contribution in [3.63, 3.8) is 0 Å². The second-order valence-corrected chi connectivity index (χ2v) is 6.74. The van der Waals surface area contributed by atoms with E-state index in [1.54, 1.807) is 20.4 Å². The van der Waals surface area contributed by atoms with Crippen molar-refractivity contribution in [2.45, 2.75) is 38.6 Å². The lowest BCUT2D eigenvalue weighted by Crippen LogP contribution is -2.08. The molecule has 0 radical (unpaired) electrons. The molecule has 4 rings (SSSR count). The number of hydrogen-bond donors (Lipinski definition) is 2. The number of nitrogens with zero attached hydrogens (tertiary/aromatic N) is 4. The summed E-state index contributed by atoms with van der Waals surface area (Å²) >= 11 is 0. The minimum absolute atomic E-state index is 0.441. The number of H-pyrrole nitrogens is 1. The van der Waals surface area contributed by atoms with E-state index in [0.717, 1.165) is 24.1 Å². The summed E-state index contributed by atoms with van der Waals surface area (Å²) in [5.74, 6) is 1.78. The first kappa shape index (κ1) is 18.2. The molecule has 1 aromatic carbocycles. The molecule has 0 saturated carbocycles. The Morgan fingerprint density at radius 3 is 2.64 bits per heavy atom. The predicted molar refractivity (Wildman–Crippen MR) is 106 cm³/mol. The minimum atomic E-state index is 0.441. The lowest BCUT2D eigenvalue weighted by Gasteiger charge is -2.12. The Hall–Kier alpha value is -3.16. The molecule has 0 spiro atoms. The average Bonchev–Trinajstić information content (AvgIpc) is 2.97. The zero-order valence-corrected chi connectivity index (χ0v) is 16.2. The third-order valence-electron chi connectivity index (χ3n) is 5.05. The highest BCUT2D eigenvalue weighted by Crippen LogP contribution is 2.37. The number of hydrogen-bond acceptors (Lipinski definition) is 7. The Labute approximate surface area is 163 Å². The summed E-state index contributed by atoms with van der Waals surface area (Å²) in [4.78, 5) is 4.61. The van der Waals surface area contributed by atoms with Crippen molar-refractivity contribution in [1.82, 2.24) is 25.4 Å². The first-order valence-corrected chi connectivity index (χ1v) is 9.50. The summed E-state index contributed by atoms with van der Waals surface area (Å²) in [6, 6.07) is 5.61. The zero-order valence-electron chi connectivity index (χ0n) is 16.2. The quantitative estimate of drug-likeness (QED) is 0.634. The fourth-order valence-corrected chi connectivity index (χ4v) is 3.64. The van der Waals surface area contributed by atoms with Gasteiger partial charge >= 0.3 is 0 Å². The molecule has 28 heavy (non-hydrogen) atoms. The number of anilines is 1. The van der Waals surface area contributed by atoms with Gasteiger partial charge in [0.05, 0.1) is 38.2 Å². The lowest BCUT2D eigenvalue weighted by molar-refractivity contribution is 0.397. The normalized spacial score (nSPS) is 13.5. The molecular formula is C20H24N6O2. The van der Waals surface area contributed by atoms with Gasteiger partial charge in [0.2, 0.25) is 5.95 Å². The molecular weight excluding hydrogens is 356 g/mol. The number of aryl methyl sites for hydroxylation is 1. The van der Waals surface area contributed by atoms with Crippen LogP contribution in [-0.2, 0) is 19.4 Å². The van der Waals surface area contributed by atoms with Gasteiger partial charge in [-0.25, -0.2) is 4.98 Å². The average molecular weight is 380 g/mol. The molecule has 8 nitrogen and oxygen atoms in total. The third-order valence-corrected chi connectivity index (χ3v) is 5.05. The number of ether oxygens (including phenoxy) is 2. The number of fused-ring (bicyclic) bond motifs is 1. The van der Waals surface area contributed by atoms with Crippen molar-refractivity contribution in [3.8, 4) is 22.8 Å². The maximum atomic E-state index is 5.47. The molecule has 8 heteroatoms. The van der Waals surface area contributed by atoms with E-state index >= 15 is 0 Å². The number of methoxy groups -OCH3 is 2. The number of aromatic amines is 1. The van der Waals surface area contributed by atoms with Gasteiger partial charge in [0.15, 0.2) is 0 Å². The van der Waals surface area contributed by atoms with Gasteiger partial charge in [0.1, 0.15) is 17.2 Å². The Kier molecular flexibility index (Phi) is 5.36. The first-order chi connectivity index (χ1) is 13.8. The lowest BCUT2D eigenvalue weighted by atomic mass is 10.1. The van der Waals surface area contributed by atoms with Crippen LogP contribution in [0.2, 0.25) is 0 Å². The van der Waals surface area contributed by atoms with Gasteiger partial charge in [-0.15, -0.1) is 5.10 Å². The van der Waals surface area contributed by atoms with E-state index in [4.69, 9.17) is 9.47 Å². The fourth-order valence-electron chi connectivity index (χ4n) is 3.64. The minimum Gasteiger partial charge on any atom is -0.496 e. The number of rotatable bonds is 6. The Balaban J connectivity index is 1.57. The molecule has 0 unspecified atom stereocenters. The summed E-state index contributed by atoms with van der Waals surface area (Å²) in [6.45, 7) is 0.556. The summed E-state index contributed by atoms with van der Waals surface area (Å²) in [6.07, 6.45) is 7.44. The molecule has 2 aromatic heterocycles. The van der Waals surface area contributed by atoms with E-state index in [0.29, 0.717) is 29.7 Å². The van der Waals surface area contributed by atoms with Gasteiger partial charge in [-0.3, -0.25) is 5.10 Å². The summed E-state index contributed by atoms with van der Waals surface area (Å²) < 4.78 is 10.9. The number of aromatic nitrogens is 5. The number of nitrogens with one attached hydrogen (secondary N) is 2. The largest absolute Gasteiger partial charge is 0.496 e. The molecule has 1 aliphatic rings. The zero-order chi connectivity index (χ0) is 19.3. The third kappa shape index (κ3) is 3.62. The molecule has 0 saturated heterocycles. The van der Waals surface area contributed by atoms with E-state index in [1.807, 2.05) is 18.2 Å². The van der Waals surface area contributed by atoms with E-state index in [2.05, 4.69) is 30.7 Å². The molecule has 0 fully saturated rings.